The van der Waals surface area contributed by atoms with E-state index in [1.165, 1.54) is 16.8 Å². The Morgan fingerprint density at radius 2 is 1.93 bits per heavy atom. The van der Waals surface area contributed by atoms with Crippen molar-refractivity contribution in [2.24, 2.45) is 0 Å². The van der Waals surface area contributed by atoms with Gasteiger partial charge < -0.3 is 4.90 Å². The van der Waals surface area contributed by atoms with E-state index in [-0.39, 0.29) is 0 Å². The highest BCUT2D eigenvalue weighted by Gasteiger charge is 2.07. The number of anilines is 1. The Balaban J connectivity index is 3.16. The third-order valence-electron chi connectivity index (χ3n) is 2.87. The molecule has 0 N–H and O–H groups in total. The Labute approximate surface area is 93.4 Å². The zero-order chi connectivity index (χ0) is 11.4. The molecule has 1 rings (SSSR count). The molecule has 1 heteroatoms. The Kier molecular flexibility index (Phi) is 3.96. The second kappa shape index (κ2) is 5.01. The third-order valence-corrected chi connectivity index (χ3v) is 2.87. The Hall–Kier alpha value is -1.24. The van der Waals surface area contributed by atoms with Gasteiger partial charge in [-0.2, -0.15) is 0 Å². The molecule has 0 aliphatic heterocycles. The molecule has 0 radical (unpaired) electrons. The minimum atomic E-state index is 1.07. The normalized spacial score (nSPS) is 10.1. The highest BCUT2D eigenvalue weighted by Crippen LogP contribution is 2.24. The van der Waals surface area contributed by atoms with Gasteiger partial charge in [0.25, 0.3) is 0 Å². The summed E-state index contributed by atoms with van der Waals surface area (Å²) in [7, 11) is 2.08. The molecule has 0 aromatic heterocycles. The maximum Gasteiger partial charge on any atom is 0.0440 e. The maximum absolute atomic E-state index is 3.99. The van der Waals surface area contributed by atoms with E-state index in [9.17, 15) is 0 Å². The SMILES string of the molecule is C=C(C)N(C)c1cc(CC)ccc1CC. The van der Waals surface area contributed by atoms with E-state index in [0.29, 0.717) is 0 Å². The van der Waals surface area contributed by atoms with Gasteiger partial charge in [-0.3, -0.25) is 0 Å². The second-order valence-electron chi connectivity index (χ2n) is 3.96. The summed E-state index contributed by atoms with van der Waals surface area (Å²) in [5.74, 6) is 0. The van der Waals surface area contributed by atoms with Gasteiger partial charge >= 0.3 is 0 Å². The van der Waals surface area contributed by atoms with E-state index in [2.05, 4.69) is 50.6 Å². The Morgan fingerprint density at radius 3 is 2.40 bits per heavy atom. The van der Waals surface area contributed by atoms with Crippen molar-refractivity contribution >= 4 is 5.69 Å². The summed E-state index contributed by atoms with van der Waals surface area (Å²) in [4.78, 5) is 2.16. The molecule has 1 aromatic carbocycles. The maximum atomic E-state index is 3.99. The summed E-state index contributed by atoms with van der Waals surface area (Å²) in [6.45, 7) is 10.4. The van der Waals surface area contributed by atoms with E-state index in [1.807, 2.05) is 6.92 Å². The van der Waals surface area contributed by atoms with Crippen LogP contribution in [0.3, 0.4) is 0 Å². The zero-order valence-corrected chi connectivity index (χ0v) is 10.3. The molecule has 0 fully saturated rings. The molecule has 0 aliphatic carbocycles. The van der Waals surface area contributed by atoms with Crippen LogP contribution in [0.1, 0.15) is 31.9 Å². The molecule has 0 aliphatic rings. The second-order valence-corrected chi connectivity index (χ2v) is 3.96. The van der Waals surface area contributed by atoms with E-state index >= 15 is 0 Å². The molecule has 0 unspecified atom stereocenters. The molecule has 1 aromatic rings. The molecular weight excluding hydrogens is 182 g/mol. The quantitative estimate of drug-likeness (QED) is 0.719. The van der Waals surface area contributed by atoms with Crippen molar-refractivity contribution in [1.82, 2.24) is 0 Å². The molecule has 0 heterocycles. The first-order valence-corrected chi connectivity index (χ1v) is 5.61. The fraction of sp³-hybridized carbons (Fsp3) is 0.429. The van der Waals surface area contributed by atoms with Crippen molar-refractivity contribution in [3.05, 3.63) is 41.6 Å². The Bertz CT molecular complexity index is 352. The van der Waals surface area contributed by atoms with Crippen LogP contribution in [0, 0.1) is 0 Å². The van der Waals surface area contributed by atoms with Gasteiger partial charge in [-0.1, -0.05) is 32.6 Å². The number of hydrogen-bond acceptors (Lipinski definition) is 1. The van der Waals surface area contributed by atoms with Gasteiger partial charge in [0, 0.05) is 18.4 Å². The van der Waals surface area contributed by atoms with Crippen LogP contribution < -0.4 is 4.90 Å². The molecule has 0 saturated heterocycles. The fourth-order valence-corrected chi connectivity index (χ4v) is 1.65. The molecule has 0 amide bonds. The summed E-state index contributed by atoms with van der Waals surface area (Å²) < 4.78 is 0. The summed E-state index contributed by atoms with van der Waals surface area (Å²) in [6, 6.07) is 6.72. The topological polar surface area (TPSA) is 3.24 Å². The standard InChI is InChI=1S/C14H21N/c1-6-12-8-9-13(7-2)14(10-12)15(5)11(3)4/h8-10H,3,6-7H2,1-2,4-5H3. The summed E-state index contributed by atoms with van der Waals surface area (Å²) >= 11 is 0. The minimum absolute atomic E-state index is 1.07. The highest BCUT2D eigenvalue weighted by atomic mass is 15.1. The number of rotatable bonds is 4. The lowest BCUT2D eigenvalue weighted by Crippen LogP contribution is -2.15. The van der Waals surface area contributed by atoms with Crippen LogP contribution in [0.15, 0.2) is 30.5 Å². The summed E-state index contributed by atoms with van der Waals surface area (Å²) in [5.41, 5.74) is 5.15. The van der Waals surface area contributed by atoms with E-state index < -0.39 is 0 Å². The van der Waals surface area contributed by atoms with Crippen molar-refractivity contribution in [3.63, 3.8) is 0 Å². The molecule has 0 spiro atoms. The Morgan fingerprint density at radius 1 is 1.27 bits per heavy atom. The molecule has 1 nitrogen and oxygen atoms in total. The predicted molar refractivity (Wildman–Crippen MR) is 68.4 cm³/mol. The molecule has 0 atom stereocenters. The van der Waals surface area contributed by atoms with Crippen molar-refractivity contribution < 1.29 is 0 Å². The van der Waals surface area contributed by atoms with Crippen LogP contribution in [-0.2, 0) is 12.8 Å². The van der Waals surface area contributed by atoms with Gasteiger partial charge in [0.2, 0.25) is 0 Å². The number of nitrogens with zero attached hydrogens (tertiary/aromatic N) is 1. The molecule has 82 valence electrons. The van der Waals surface area contributed by atoms with Crippen LogP contribution in [0.2, 0.25) is 0 Å². The van der Waals surface area contributed by atoms with Gasteiger partial charge in [0.15, 0.2) is 0 Å². The summed E-state index contributed by atoms with van der Waals surface area (Å²) in [6.07, 6.45) is 2.15. The van der Waals surface area contributed by atoms with Crippen molar-refractivity contribution in [1.29, 1.82) is 0 Å². The van der Waals surface area contributed by atoms with Gasteiger partial charge in [-0.05, 0) is 37.0 Å². The summed E-state index contributed by atoms with van der Waals surface area (Å²) in [5, 5.41) is 0. The number of hydrogen-bond donors (Lipinski definition) is 0. The first-order chi connectivity index (χ1) is 7.10. The number of allylic oxidation sites excluding steroid dienone is 1. The average Bonchev–Trinajstić information content (AvgIpc) is 2.27. The van der Waals surface area contributed by atoms with Gasteiger partial charge in [-0.15, -0.1) is 0 Å². The average molecular weight is 203 g/mol. The van der Waals surface area contributed by atoms with Crippen LogP contribution in [0.4, 0.5) is 5.69 Å². The zero-order valence-electron chi connectivity index (χ0n) is 10.3. The number of aryl methyl sites for hydroxylation is 2. The van der Waals surface area contributed by atoms with E-state index in [0.717, 1.165) is 18.5 Å². The molecule has 15 heavy (non-hydrogen) atoms. The first-order valence-electron chi connectivity index (χ1n) is 5.61. The molecule has 0 saturated carbocycles. The lowest BCUT2D eigenvalue weighted by Gasteiger charge is -2.23. The smallest absolute Gasteiger partial charge is 0.0440 e. The highest BCUT2D eigenvalue weighted by molar-refractivity contribution is 5.58. The lowest BCUT2D eigenvalue weighted by molar-refractivity contribution is 1.03. The van der Waals surface area contributed by atoms with Crippen molar-refractivity contribution in [3.8, 4) is 0 Å². The fourth-order valence-electron chi connectivity index (χ4n) is 1.65. The van der Waals surface area contributed by atoms with Gasteiger partial charge in [-0.25, -0.2) is 0 Å². The minimum Gasteiger partial charge on any atom is -0.349 e. The largest absolute Gasteiger partial charge is 0.349 e. The molecule has 0 bridgehead atoms. The predicted octanol–water partition coefficient (Wildman–Crippen LogP) is 3.78. The monoisotopic (exact) mass is 203 g/mol. The van der Waals surface area contributed by atoms with Crippen LogP contribution >= 0.6 is 0 Å². The third kappa shape index (κ3) is 2.62. The lowest BCUT2D eigenvalue weighted by atomic mass is 10.0. The van der Waals surface area contributed by atoms with Gasteiger partial charge in [0.1, 0.15) is 0 Å². The van der Waals surface area contributed by atoms with Crippen molar-refractivity contribution in [2.75, 3.05) is 11.9 Å². The van der Waals surface area contributed by atoms with Gasteiger partial charge in [0.05, 0.1) is 0 Å². The van der Waals surface area contributed by atoms with Crippen LogP contribution in [0.5, 0.6) is 0 Å². The molecular formula is C14H21N. The number of benzene rings is 1. The first kappa shape index (κ1) is 11.8. The van der Waals surface area contributed by atoms with Crippen molar-refractivity contribution in [2.45, 2.75) is 33.6 Å². The van der Waals surface area contributed by atoms with E-state index in [1.54, 1.807) is 0 Å². The van der Waals surface area contributed by atoms with E-state index in [4.69, 9.17) is 0 Å². The van der Waals surface area contributed by atoms with Crippen LogP contribution in [0.25, 0.3) is 0 Å². The van der Waals surface area contributed by atoms with Crippen LogP contribution in [-0.4, -0.2) is 7.05 Å².